The first-order valence-corrected chi connectivity index (χ1v) is 9.65. The Morgan fingerprint density at radius 3 is 2.47 bits per heavy atom. The van der Waals surface area contributed by atoms with Gasteiger partial charge in [0.15, 0.2) is 17.6 Å². The number of amides is 1. The fraction of sp³-hybridized carbons (Fsp3) is 0.409. The number of nitrogens with zero attached hydrogens (tertiary/aromatic N) is 1. The van der Waals surface area contributed by atoms with Gasteiger partial charge in [-0.25, -0.2) is 4.39 Å². The SMILES string of the molecule is COc1cc(C(=O)N2CCCC(c3ccc(F)cc3)C2)ccc1OC(C)C(F)(F)F. The third kappa shape index (κ3) is 5.04. The van der Waals surface area contributed by atoms with Gasteiger partial charge in [0.2, 0.25) is 0 Å². The lowest BCUT2D eigenvalue weighted by molar-refractivity contribution is -0.189. The highest BCUT2D eigenvalue weighted by Gasteiger charge is 2.38. The molecule has 2 aromatic rings. The van der Waals surface area contributed by atoms with E-state index in [4.69, 9.17) is 9.47 Å². The van der Waals surface area contributed by atoms with E-state index >= 15 is 0 Å². The van der Waals surface area contributed by atoms with Gasteiger partial charge in [-0.15, -0.1) is 0 Å². The molecule has 0 bridgehead atoms. The van der Waals surface area contributed by atoms with Crippen molar-refractivity contribution in [2.24, 2.45) is 0 Å². The highest BCUT2D eigenvalue weighted by Crippen LogP contribution is 2.34. The summed E-state index contributed by atoms with van der Waals surface area (Å²) in [5.41, 5.74) is 1.27. The molecular formula is C22H23F4NO3. The van der Waals surface area contributed by atoms with Crippen molar-refractivity contribution in [1.29, 1.82) is 0 Å². The second-order valence-electron chi connectivity index (χ2n) is 7.31. The molecule has 0 radical (unpaired) electrons. The lowest BCUT2D eigenvalue weighted by Gasteiger charge is -2.33. The number of methoxy groups -OCH3 is 1. The number of rotatable bonds is 5. The molecule has 0 aromatic heterocycles. The Kier molecular flexibility index (Phi) is 6.53. The summed E-state index contributed by atoms with van der Waals surface area (Å²) in [5, 5.41) is 0. The van der Waals surface area contributed by atoms with Crippen LogP contribution < -0.4 is 9.47 Å². The first kappa shape index (κ1) is 21.9. The molecule has 1 fully saturated rings. The summed E-state index contributed by atoms with van der Waals surface area (Å²) in [4.78, 5) is 14.7. The largest absolute Gasteiger partial charge is 0.493 e. The summed E-state index contributed by atoms with van der Waals surface area (Å²) in [5.74, 6) is -0.474. The van der Waals surface area contributed by atoms with Crippen LogP contribution in [0.25, 0.3) is 0 Å². The Morgan fingerprint density at radius 2 is 1.83 bits per heavy atom. The van der Waals surface area contributed by atoms with E-state index < -0.39 is 12.3 Å². The first-order chi connectivity index (χ1) is 14.2. The van der Waals surface area contributed by atoms with Crippen LogP contribution in [0.3, 0.4) is 0 Å². The highest BCUT2D eigenvalue weighted by molar-refractivity contribution is 5.95. The molecule has 1 saturated heterocycles. The number of hydrogen-bond donors (Lipinski definition) is 0. The number of benzene rings is 2. The average molecular weight is 425 g/mol. The molecule has 1 aliphatic rings. The van der Waals surface area contributed by atoms with E-state index in [1.807, 2.05) is 0 Å². The van der Waals surface area contributed by atoms with Crippen molar-refractivity contribution in [3.63, 3.8) is 0 Å². The zero-order chi connectivity index (χ0) is 21.9. The van der Waals surface area contributed by atoms with Crippen molar-refractivity contribution in [2.45, 2.75) is 38.0 Å². The average Bonchev–Trinajstić information content (AvgIpc) is 2.73. The number of carbonyl (C=O) groups excluding carboxylic acids is 1. The van der Waals surface area contributed by atoms with Gasteiger partial charge in [0.05, 0.1) is 7.11 Å². The van der Waals surface area contributed by atoms with Crippen LogP contribution in [0.2, 0.25) is 0 Å². The van der Waals surface area contributed by atoms with Gasteiger partial charge in [-0.3, -0.25) is 4.79 Å². The van der Waals surface area contributed by atoms with Crippen LogP contribution in [0.5, 0.6) is 11.5 Å². The second kappa shape index (κ2) is 8.93. The maximum absolute atomic E-state index is 13.2. The van der Waals surface area contributed by atoms with Crippen molar-refractivity contribution < 1.29 is 31.8 Å². The summed E-state index contributed by atoms with van der Waals surface area (Å²) < 4.78 is 61.6. The molecular weight excluding hydrogens is 402 g/mol. The molecule has 2 unspecified atom stereocenters. The second-order valence-corrected chi connectivity index (χ2v) is 7.31. The normalized spacial score (nSPS) is 18.1. The van der Waals surface area contributed by atoms with Crippen molar-refractivity contribution >= 4 is 5.91 Å². The molecule has 0 N–H and O–H groups in total. The fourth-order valence-electron chi connectivity index (χ4n) is 3.51. The standard InChI is InChI=1S/C22H23F4NO3/c1-14(22(24,25)26)30-19-10-7-16(12-20(19)29-2)21(28)27-11-3-4-17(13-27)15-5-8-18(23)9-6-15/h5-10,12,14,17H,3-4,11,13H2,1-2H3. The van der Waals surface area contributed by atoms with Crippen LogP contribution in [0.15, 0.2) is 42.5 Å². The number of hydrogen-bond acceptors (Lipinski definition) is 3. The lowest BCUT2D eigenvalue weighted by atomic mass is 9.90. The Morgan fingerprint density at radius 1 is 1.13 bits per heavy atom. The number of carbonyl (C=O) groups is 1. The van der Waals surface area contributed by atoms with Crippen LogP contribution in [0, 0.1) is 5.82 Å². The van der Waals surface area contributed by atoms with Gasteiger partial charge in [-0.1, -0.05) is 12.1 Å². The van der Waals surface area contributed by atoms with Crippen LogP contribution in [0.1, 0.15) is 41.6 Å². The topological polar surface area (TPSA) is 38.8 Å². The van der Waals surface area contributed by atoms with Gasteiger partial charge in [-0.05, 0) is 55.7 Å². The zero-order valence-electron chi connectivity index (χ0n) is 16.7. The van der Waals surface area contributed by atoms with Crippen molar-refractivity contribution in [3.8, 4) is 11.5 Å². The minimum atomic E-state index is -4.51. The molecule has 1 aliphatic heterocycles. The van der Waals surface area contributed by atoms with Gasteiger partial charge in [0, 0.05) is 24.6 Å². The summed E-state index contributed by atoms with van der Waals surface area (Å²) >= 11 is 0. The summed E-state index contributed by atoms with van der Waals surface area (Å²) in [7, 11) is 1.31. The number of likely N-dealkylation sites (tertiary alicyclic amines) is 1. The van der Waals surface area contributed by atoms with Gasteiger partial charge < -0.3 is 14.4 Å². The summed E-state index contributed by atoms with van der Waals surface area (Å²) in [6.07, 6.45) is -4.83. The fourth-order valence-corrected chi connectivity index (χ4v) is 3.51. The number of ether oxygens (including phenoxy) is 2. The molecule has 4 nitrogen and oxygen atoms in total. The van der Waals surface area contributed by atoms with Crippen LogP contribution >= 0.6 is 0 Å². The quantitative estimate of drug-likeness (QED) is 0.620. The first-order valence-electron chi connectivity index (χ1n) is 9.65. The maximum atomic E-state index is 13.2. The van der Waals surface area contributed by atoms with E-state index in [1.165, 1.54) is 37.4 Å². The third-order valence-electron chi connectivity index (χ3n) is 5.23. The Bertz CT molecular complexity index is 883. The molecule has 0 aliphatic carbocycles. The zero-order valence-corrected chi connectivity index (χ0v) is 16.7. The Balaban J connectivity index is 1.74. The molecule has 30 heavy (non-hydrogen) atoms. The number of alkyl halides is 3. The minimum absolute atomic E-state index is 0.0593. The van der Waals surface area contributed by atoms with Crippen molar-refractivity contribution in [1.82, 2.24) is 4.90 Å². The molecule has 2 aromatic carbocycles. The van der Waals surface area contributed by atoms with Crippen molar-refractivity contribution in [3.05, 3.63) is 59.4 Å². The number of halogens is 4. The molecule has 3 rings (SSSR count). The maximum Gasteiger partial charge on any atom is 0.425 e. The van der Waals surface area contributed by atoms with Crippen molar-refractivity contribution in [2.75, 3.05) is 20.2 Å². The summed E-state index contributed by atoms with van der Waals surface area (Å²) in [6, 6.07) is 10.4. The molecule has 8 heteroatoms. The highest BCUT2D eigenvalue weighted by atomic mass is 19.4. The molecule has 1 heterocycles. The Hall–Kier alpha value is -2.77. The van der Waals surface area contributed by atoms with E-state index in [0.717, 1.165) is 25.3 Å². The van der Waals surface area contributed by atoms with E-state index in [-0.39, 0.29) is 29.1 Å². The molecule has 1 amide bonds. The molecule has 0 spiro atoms. The molecule has 162 valence electrons. The third-order valence-corrected chi connectivity index (χ3v) is 5.23. The van der Waals surface area contributed by atoms with Gasteiger partial charge in [0.25, 0.3) is 5.91 Å². The predicted octanol–water partition coefficient (Wildman–Crippen LogP) is 5.18. The van der Waals surface area contributed by atoms with E-state index in [9.17, 15) is 22.4 Å². The van der Waals surface area contributed by atoms with Crippen LogP contribution in [0.4, 0.5) is 17.6 Å². The van der Waals surface area contributed by atoms with E-state index in [1.54, 1.807) is 17.0 Å². The lowest BCUT2D eigenvalue weighted by Crippen LogP contribution is -2.39. The van der Waals surface area contributed by atoms with E-state index in [2.05, 4.69) is 0 Å². The molecule has 2 atom stereocenters. The minimum Gasteiger partial charge on any atom is -0.493 e. The molecule has 0 saturated carbocycles. The van der Waals surface area contributed by atoms with Gasteiger partial charge in [0.1, 0.15) is 5.82 Å². The number of piperidine rings is 1. The van der Waals surface area contributed by atoms with Crippen LogP contribution in [-0.4, -0.2) is 43.3 Å². The predicted molar refractivity (Wildman–Crippen MR) is 103 cm³/mol. The van der Waals surface area contributed by atoms with Crippen LogP contribution in [-0.2, 0) is 0 Å². The Labute approximate surface area is 172 Å². The van der Waals surface area contributed by atoms with Gasteiger partial charge >= 0.3 is 6.18 Å². The van der Waals surface area contributed by atoms with E-state index in [0.29, 0.717) is 18.7 Å². The summed E-state index contributed by atoms with van der Waals surface area (Å²) in [6.45, 7) is 1.96. The smallest absolute Gasteiger partial charge is 0.425 e. The van der Waals surface area contributed by atoms with Gasteiger partial charge in [-0.2, -0.15) is 13.2 Å². The monoisotopic (exact) mass is 425 g/mol.